The van der Waals surface area contributed by atoms with Gasteiger partial charge in [-0.3, -0.25) is 9.59 Å². The van der Waals surface area contributed by atoms with Crippen LogP contribution in [0.15, 0.2) is 45.8 Å². The van der Waals surface area contributed by atoms with Gasteiger partial charge in [-0.2, -0.15) is 0 Å². The Kier molecular flexibility index (Phi) is 10.8. The van der Waals surface area contributed by atoms with E-state index in [0.29, 0.717) is 12.8 Å². The summed E-state index contributed by atoms with van der Waals surface area (Å²) < 4.78 is 23.5. The Hall–Kier alpha value is -3.10. The van der Waals surface area contributed by atoms with Crippen LogP contribution in [0.2, 0.25) is 0 Å². The lowest BCUT2D eigenvalue weighted by Crippen LogP contribution is -2.60. The summed E-state index contributed by atoms with van der Waals surface area (Å²) in [4.78, 5) is 73.0. The van der Waals surface area contributed by atoms with Gasteiger partial charge < -0.3 is 28.6 Å². The maximum Gasteiger partial charge on any atom is 0.418 e. The van der Waals surface area contributed by atoms with Crippen LogP contribution in [0.3, 0.4) is 0 Å². The third-order valence-corrected chi connectivity index (χ3v) is 10.4. The number of nitrogens with zero attached hydrogens (tertiary/aromatic N) is 2. The van der Waals surface area contributed by atoms with Gasteiger partial charge in [-0.1, -0.05) is 28.1 Å². The minimum atomic E-state index is -1.63. The number of fused-ring (bicyclic) bond motifs is 3. The van der Waals surface area contributed by atoms with Gasteiger partial charge in [-0.25, -0.2) is 19.3 Å². The van der Waals surface area contributed by atoms with Crippen LogP contribution in [0, 0.1) is 17.8 Å². The monoisotopic (exact) mass is 763 g/mol. The Balaban J connectivity index is 1.54. The van der Waals surface area contributed by atoms with E-state index in [1.54, 1.807) is 41.5 Å². The van der Waals surface area contributed by atoms with Crippen molar-refractivity contribution < 1.29 is 42.4 Å². The average Bonchev–Trinajstić information content (AvgIpc) is 3.89. The zero-order chi connectivity index (χ0) is 35.9. The molecule has 12 nitrogen and oxygen atoms in total. The summed E-state index contributed by atoms with van der Waals surface area (Å²) in [6.07, 6.45) is 3.77. The third-order valence-electron chi connectivity index (χ3n) is 9.06. The molecule has 14 heteroatoms. The molecular weight excluding hydrogens is 718 g/mol. The molecule has 1 aromatic rings. The first-order chi connectivity index (χ1) is 22.9. The van der Waals surface area contributed by atoms with Crippen LogP contribution in [0.25, 0.3) is 0 Å². The van der Waals surface area contributed by atoms with Gasteiger partial charge in [0.25, 0.3) is 5.91 Å². The van der Waals surface area contributed by atoms with Crippen LogP contribution >= 0.6 is 28.0 Å². The molecule has 5 rings (SSSR count). The van der Waals surface area contributed by atoms with E-state index in [-0.39, 0.29) is 31.2 Å². The van der Waals surface area contributed by atoms with Crippen LogP contribution in [0.5, 0.6) is 0 Å². The lowest BCUT2D eigenvalue weighted by molar-refractivity contribution is -0.157. The lowest BCUT2D eigenvalue weighted by atomic mass is 10.0. The predicted octanol–water partition coefficient (Wildman–Crippen LogP) is 6.02. The third kappa shape index (κ3) is 8.62. The molecule has 1 saturated heterocycles. The van der Waals surface area contributed by atoms with E-state index >= 15 is 0 Å². The molecule has 5 unspecified atom stereocenters. The number of nitrogens with one attached hydrogen (secondary N) is 1. The van der Waals surface area contributed by atoms with E-state index in [1.807, 2.05) is 36.4 Å². The maximum absolute atomic E-state index is 14.8. The van der Waals surface area contributed by atoms with Crippen molar-refractivity contribution in [1.29, 1.82) is 0 Å². The maximum atomic E-state index is 14.8. The van der Waals surface area contributed by atoms with Crippen molar-refractivity contribution in [3.63, 3.8) is 0 Å². The molecule has 0 radical (unpaired) electrons. The van der Waals surface area contributed by atoms with Gasteiger partial charge in [0.1, 0.15) is 23.3 Å². The summed E-state index contributed by atoms with van der Waals surface area (Å²) in [6.45, 7) is 10.2. The largest absolute Gasteiger partial charge is 0.467 e. The zero-order valence-corrected chi connectivity index (χ0v) is 31.4. The van der Waals surface area contributed by atoms with Crippen LogP contribution in [-0.4, -0.2) is 88.4 Å². The second-order valence-electron chi connectivity index (χ2n) is 15.2. The molecule has 2 heterocycles. The van der Waals surface area contributed by atoms with Crippen LogP contribution in [-0.2, 0) is 32.8 Å². The number of halogens is 1. The number of ether oxygens (including phenoxy) is 3. The first-order valence-electron chi connectivity index (χ1n) is 16.6. The molecular formula is C35H46BrN3O9S. The van der Waals surface area contributed by atoms with Gasteiger partial charge in [0.05, 0.1) is 13.2 Å². The smallest absolute Gasteiger partial charge is 0.418 e. The highest BCUT2D eigenvalue weighted by atomic mass is 79.9. The van der Waals surface area contributed by atoms with E-state index in [0.717, 1.165) is 32.7 Å². The average molecular weight is 765 g/mol. The minimum Gasteiger partial charge on any atom is -0.467 e. The summed E-state index contributed by atoms with van der Waals surface area (Å²) >= 11 is 4.54. The van der Waals surface area contributed by atoms with E-state index in [1.165, 1.54) is 12.0 Å². The number of amides is 4. The van der Waals surface area contributed by atoms with Crippen LogP contribution in [0.1, 0.15) is 73.6 Å². The van der Waals surface area contributed by atoms with Crippen molar-refractivity contribution in [2.24, 2.45) is 17.8 Å². The topological polar surface area (TPSA) is 141 Å². The molecule has 2 saturated carbocycles. The normalized spacial score (nSPS) is 30.6. The van der Waals surface area contributed by atoms with Crippen molar-refractivity contribution in [3.8, 4) is 0 Å². The first-order valence-corrected chi connectivity index (χ1v) is 18.2. The number of esters is 1. The fourth-order valence-corrected chi connectivity index (χ4v) is 7.57. The van der Waals surface area contributed by atoms with Gasteiger partial charge >= 0.3 is 18.2 Å². The Morgan fingerprint density at radius 1 is 0.980 bits per heavy atom. The highest BCUT2D eigenvalue weighted by molar-refractivity contribution is 9.10. The fraction of sp³-hybridized carbons (Fsp3) is 0.629. The SMILES string of the molecule is COC(=O)[C@@]12CC1/C=C\CCC1CC1[C@H](NC(=O)OC(C)(C)C)C(=O)N1CC(OSc3ccc(Br)cc3)CC1C(=O)N2C(=O)OC(C)(C)C. The van der Waals surface area contributed by atoms with E-state index < -0.39 is 70.8 Å². The summed E-state index contributed by atoms with van der Waals surface area (Å²) in [6, 6.07) is 5.31. The number of methoxy groups -OCH3 is 1. The molecule has 0 bridgehead atoms. The molecule has 4 aliphatic rings. The van der Waals surface area contributed by atoms with Crippen LogP contribution in [0.4, 0.5) is 9.59 Å². The molecule has 1 aromatic carbocycles. The summed E-state index contributed by atoms with van der Waals surface area (Å²) in [5.41, 5.74) is -3.42. The molecule has 0 spiro atoms. The molecule has 49 heavy (non-hydrogen) atoms. The molecule has 7 atom stereocenters. The highest BCUT2D eigenvalue weighted by Gasteiger charge is 2.69. The number of carbonyl (C=O) groups is 5. The number of hydrogen-bond acceptors (Lipinski definition) is 10. The van der Waals surface area contributed by atoms with Crippen molar-refractivity contribution in [2.45, 2.75) is 113 Å². The molecule has 268 valence electrons. The quantitative estimate of drug-likeness (QED) is 0.164. The number of hydrogen-bond donors (Lipinski definition) is 1. The molecule has 4 amide bonds. The molecule has 2 aliphatic carbocycles. The lowest BCUT2D eigenvalue weighted by Gasteiger charge is -2.36. The standard InChI is InChI=1S/C35H46BrN3O9S/c1-33(2,3)46-31(43)37-27-25-16-20(25)10-8-9-11-21-18-35(21,30(42)45-7)39(32(44)47-34(4,5)6)28(40)26-17-23(19-38(26)29(27)41)48-49-24-14-12-22(36)13-15-24/h9,11-15,20-21,23,25-27H,8,10,16-19H2,1-7H3,(H,37,43)/b11-9-/t20?,21?,23?,25?,26?,27-,35+/m0/s1. The number of benzene rings is 1. The fourth-order valence-electron chi connectivity index (χ4n) is 6.68. The number of allylic oxidation sites excluding steroid dienone is 1. The van der Waals surface area contributed by atoms with E-state index in [4.69, 9.17) is 18.4 Å². The molecule has 1 N–H and O–H groups in total. The highest BCUT2D eigenvalue weighted by Crippen LogP contribution is 2.53. The zero-order valence-electron chi connectivity index (χ0n) is 29.0. The van der Waals surface area contributed by atoms with Gasteiger partial charge in [0.2, 0.25) is 5.91 Å². The number of alkyl carbamates (subject to hydrolysis) is 1. The Bertz CT molecular complexity index is 1490. The van der Waals surface area contributed by atoms with E-state index in [2.05, 4.69) is 21.2 Å². The van der Waals surface area contributed by atoms with Crippen LogP contribution < -0.4 is 5.32 Å². The van der Waals surface area contributed by atoms with Gasteiger partial charge in [-0.15, -0.1) is 0 Å². The molecule has 0 aromatic heterocycles. The van der Waals surface area contributed by atoms with E-state index in [9.17, 15) is 24.0 Å². The second kappa shape index (κ2) is 14.3. The Labute approximate surface area is 300 Å². The van der Waals surface area contributed by atoms with Crippen molar-refractivity contribution in [1.82, 2.24) is 15.1 Å². The minimum absolute atomic E-state index is 0.0133. The Morgan fingerprint density at radius 3 is 2.29 bits per heavy atom. The van der Waals surface area contributed by atoms with Crippen molar-refractivity contribution in [2.75, 3.05) is 13.7 Å². The number of rotatable bonds is 5. The van der Waals surface area contributed by atoms with Crippen molar-refractivity contribution in [3.05, 3.63) is 40.9 Å². The number of imide groups is 1. The first kappa shape index (κ1) is 37.2. The van der Waals surface area contributed by atoms with Gasteiger partial charge in [-0.05, 0) is 103 Å². The Morgan fingerprint density at radius 2 is 1.65 bits per heavy atom. The van der Waals surface area contributed by atoms with Crippen molar-refractivity contribution >= 4 is 57.9 Å². The summed E-state index contributed by atoms with van der Waals surface area (Å²) in [5.74, 6) is -2.48. The molecule has 2 aliphatic heterocycles. The number of carbonyl (C=O) groups excluding carboxylic acids is 5. The molecule has 3 fully saturated rings. The predicted molar refractivity (Wildman–Crippen MR) is 184 cm³/mol. The summed E-state index contributed by atoms with van der Waals surface area (Å²) in [5, 5.41) is 2.81. The van der Waals surface area contributed by atoms with Gasteiger partial charge in [0, 0.05) is 40.3 Å². The van der Waals surface area contributed by atoms with Gasteiger partial charge in [0.15, 0.2) is 5.54 Å². The second-order valence-corrected chi connectivity index (χ2v) is 16.9. The summed E-state index contributed by atoms with van der Waals surface area (Å²) in [7, 11) is 1.22.